The molecule has 2 aliphatic heterocycles. The van der Waals surface area contributed by atoms with Gasteiger partial charge in [-0.05, 0) is 49.2 Å². The molecule has 3 heterocycles. The highest BCUT2D eigenvalue weighted by atomic mass is 19.4. The van der Waals surface area contributed by atoms with Crippen LogP contribution in [0.3, 0.4) is 0 Å². The molecule has 0 aliphatic carbocycles. The molecular formula is C22H20F3N3O3. The van der Waals surface area contributed by atoms with E-state index in [1.165, 1.54) is 12.1 Å². The lowest BCUT2D eigenvalue weighted by atomic mass is 10.0. The highest BCUT2D eigenvalue weighted by molar-refractivity contribution is 5.55. The molecule has 31 heavy (non-hydrogen) atoms. The van der Waals surface area contributed by atoms with E-state index in [0.29, 0.717) is 25.6 Å². The summed E-state index contributed by atoms with van der Waals surface area (Å²) in [5.41, 5.74) is 0.656. The minimum Gasteiger partial charge on any atom is -0.486 e. The van der Waals surface area contributed by atoms with Crippen LogP contribution in [0.1, 0.15) is 35.9 Å². The summed E-state index contributed by atoms with van der Waals surface area (Å²) < 4.78 is 55.6. The number of hydrogen-bond donors (Lipinski definition) is 0. The lowest BCUT2D eigenvalue weighted by molar-refractivity contribution is -0.137. The van der Waals surface area contributed by atoms with Crippen molar-refractivity contribution in [1.82, 2.24) is 15.0 Å². The fourth-order valence-corrected chi connectivity index (χ4v) is 4.10. The fourth-order valence-electron chi connectivity index (χ4n) is 4.10. The Morgan fingerprint density at radius 1 is 1.03 bits per heavy atom. The van der Waals surface area contributed by atoms with Gasteiger partial charge in [0.1, 0.15) is 13.2 Å². The van der Waals surface area contributed by atoms with Crippen LogP contribution < -0.4 is 9.47 Å². The zero-order valence-electron chi connectivity index (χ0n) is 16.6. The lowest BCUT2D eigenvalue weighted by Gasteiger charge is -2.25. The topological polar surface area (TPSA) is 60.6 Å². The van der Waals surface area contributed by atoms with Crippen molar-refractivity contribution in [3.63, 3.8) is 0 Å². The molecular weight excluding hydrogens is 411 g/mol. The summed E-state index contributed by atoms with van der Waals surface area (Å²) in [6.45, 7) is 2.36. The zero-order chi connectivity index (χ0) is 21.4. The molecule has 3 aromatic rings. The monoisotopic (exact) mass is 431 g/mol. The van der Waals surface area contributed by atoms with Crippen molar-refractivity contribution >= 4 is 0 Å². The molecule has 1 fully saturated rings. The summed E-state index contributed by atoms with van der Waals surface area (Å²) in [7, 11) is 0. The predicted octanol–water partition coefficient (Wildman–Crippen LogP) is 4.86. The SMILES string of the molecule is FC(F)(F)c1cccc(-c2noc(CN3CCCC3c3ccc4c(c3)OCCO4)n2)c1. The summed E-state index contributed by atoms with van der Waals surface area (Å²) in [6.07, 6.45) is -2.42. The normalized spacial score (nSPS) is 19.0. The second-order valence-corrected chi connectivity index (χ2v) is 7.62. The van der Waals surface area contributed by atoms with Crippen LogP contribution in [0, 0.1) is 0 Å². The molecule has 1 aromatic heterocycles. The molecule has 0 saturated carbocycles. The molecule has 1 saturated heterocycles. The number of hydrogen-bond acceptors (Lipinski definition) is 6. The van der Waals surface area contributed by atoms with Gasteiger partial charge < -0.3 is 14.0 Å². The maximum Gasteiger partial charge on any atom is 0.416 e. The third-order valence-electron chi connectivity index (χ3n) is 5.57. The standard InChI is InChI=1S/C22H20F3N3O3/c23-22(24,25)16-4-1-3-15(11-16)21-26-20(31-27-21)13-28-8-2-5-17(28)14-6-7-18-19(12-14)30-10-9-29-18/h1,3-4,6-7,11-12,17H,2,5,8-10,13H2. The molecule has 5 rings (SSSR count). The quantitative estimate of drug-likeness (QED) is 0.588. The Labute approximate surface area is 176 Å². The van der Waals surface area contributed by atoms with Crippen LogP contribution in [0.2, 0.25) is 0 Å². The van der Waals surface area contributed by atoms with Gasteiger partial charge in [-0.2, -0.15) is 18.2 Å². The van der Waals surface area contributed by atoms with Crippen LogP contribution in [-0.4, -0.2) is 34.8 Å². The number of fused-ring (bicyclic) bond motifs is 1. The lowest BCUT2D eigenvalue weighted by Crippen LogP contribution is -2.23. The second kappa shape index (κ2) is 7.88. The molecule has 0 radical (unpaired) electrons. The van der Waals surface area contributed by atoms with E-state index in [0.717, 1.165) is 48.6 Å². The minimum atomic E-state index is -4.42. The van der Waals surface area contributed by atoms with Gasteiger partial charge >= 0.3 is 6.18 Å². The molecule has 1 unspecified atom stereocenters. The van der Waals surface area contributed by atoms with E-state index in [9.17, 15) is 13.2 Å². The average molecular weight is 431 g/mol. The zero-order valence-corrected chi connectivity index (χ0v) is 16.6. The van der Waals surface area contributed by atoms with Crippen molar-refractivity contribution in [3.8, 4) is 22.9 Å². The summed E-state index contributed by atoms with van der Waals surface area (Å²) in [6, 6.07) is 11.1. The first-order chi connectivity index (χ1) is 15.0. The maximum atomic E-state index is 13.0. The number of nitrogens with zero attached hydrogens (tertiary/aromatic N) is 3. The Bertz CT molecular complexity index is 1080. The Morgan fingerprint density at radius 2 is 1.87 bits per heavy atom. The van der Waals surface area contributed by atoms with Crippen LogP contribution >= 0.6 is 0 Å². The van der Waals surface area contributed by atoms with Gasteiger partial charge in [-0.3, -0.25) is 4.90 Å². The van der Waals surface area contributed by atoms with Crippen molar-refractivity contribution in [1.29, 1.82) is 0 Å². The summed E-state index contributed by atoms with van der Waals surface area (Å²) in [4.78, 5) is 6.57. The van der Waals surface area contributed by atoms with Gasteiger partial charge in [0.05, 0.1) is 12.1 Å². The molecule has 162 valence electrons. The minimum absolute atomic E-state index is 0.149. The first-order valence-electron chi connectivity index (χ1n) is 10.1. The molecule has 0 spiro atoms. The van der Waals surface area contributed by atoms with Crippen LogP contribution in [0.25, 0.3) is 11.4 Å². The Morgan fingerprint density at radius 3 is 2.71 bits per heavy atom. The molecule has 2 aromatic carbocycles. The van der Waals surface area contributed by atoms with Crippen molar-refractivity contribution in [2.24, 2.45) is 0 Å². The molecule has 9 heteroatoms. The van der Waals surface area contributed by atoms with Crippen LogP contribution in [0.5, 0.6) is 11.5 Å². The van der Waals surface area contributed by atoms with Gasteiger partial charge in [0.25, 0.3) is 0 Å². The Kier molecular flexibility index (Phi) is 5.05. The Balaban J connectivity index is 1.33. The summed E-state index contributed by atoms with van der Waals surface area (Å²) in [5, 5.41) is 3.89. The third-order valence-corrected chi connectivity index (χ3v) is 5.57. The van der Waals surface area contributed by atoms with E-state index < -0.39 is 11.7 Å². The average Bonchev–Trinajstić information content (AvgIpc) is 3.43. The van der Waals surface area contributed by atoms with Crippen molar-refractivity contribution in [2.45, 2.75) is 31.6 Å². The molecule has 2 aliphatic rings. The predicted molar refractivity (Wildman–Crippen MR) is 105 cm³/mol. The van der Waals surface area contributed by atoms with Crippen LogP contribution in [-0.2, 0) is 12.7 Å². The van der Waals surface area contributed by atoms with Crippen molar-refractivity contribution < 1.29 is 27.2 Å². The second-order valence-electron chi connectivity index (χ2n) is 7.62. The smallest absolute Gasteiger partial charge is 0.416 e. The number of halogens is 3. The van der Waals surface area contributed by atoms with Crippen LogP contribution in [0.4, 0.5) is 13.2 Å². The maximum absolute atomic E-state index is 13.0. The molecule has 0 N–H and O–H groups in total. The Hall–Kier alpha value is -3.07. The van der Waals surface area contributed by atoms with Crippen molar-refractivity contribution in [2.75, 3.05) is 19.8 Å². The van der Waals surface area contributed by atoms with Gasteiger partial charge in [0.2, 0.25) is 11.7 Å². The van der Waals surface area contributed by atoms with Crippen molar-refractivity contribution in [3.05, 3.63) is 59.5 Å². The van der Waals surface area contributed by atoms with Gasteiger partial charge in [0, 0.05) is 11.6 Å². The third kappa shape index (κ3) is 4.10. The molecule has 1 atom stereocenters. The largest absolute Gasteiger partial charge is 0.486 e. The summed E-state index contributed by atoms with van der Waals surface area (Å²) in [5.74, 6) is 2.02. The fraction of sp³-hybridized carbons (Fsp3) is 0.364. The molecule has 0 bridgehead atoms. The van der Waals surface area contributed by atoms with Gasteiger partial charge in [-0.25, -0.2) is 0 Å². The van der Waals surface area contributed by atoms with E-state index in [1.807, 2.05) is 18.2 Å². The van der Waals surface area contributed by atoms with E-state index >= 15 is 0 Å². The first-order valence-corrected chi connectivity index (χ1v) is 10.1. The van der Waals surface area contributed by atoms with Gasteiger partial charge in [0.15, 0.2) is 11.5 Å². The van der Waals surface area contributed by atoms with E-state index in [2.05, 4.69) is 15.0 Å². The van der Waals surface area contributed by atoms with Gasteiger partial charge in [-0.1, -0.05) is 23.4 Å². The van der Waals surface area contributed by atoms with Crippen LogP contribution in [0.15, 0.2) is 47.0 Å². The first kappa shape index (κ1) is 19.9. The van der Waals surface area contributed by atoms with E-state index in [-0.39, 0.29) is 17.4 Å². The number of benzene rings is 2. The van der Waals surface area contributed by atoms with Gasteiger partial charge in [-0.15, -0.1) is 0 Å². The number of ether oxygens (including phenoxy) is 2. The number of rotatable bonds is 4. The van der Waals surface area contributed by atoms with E-state index in [4.69, 9.17) is 14.0 Å². The number of aromatic nitrogens is 2. The molecule has 6 nitrogen and oxygen atoms in total. The molecule has 0 amide bonds. The number of alkyl halides is 3. The highest BCUT2D eigenvalue weighted by Gasteiger charge is 2.31. The number of likely N-dealkylation sites (tertiary alicyclic amines) is 1. The summed E-state index contributed by atoms with van der Waals surface area (Å²) >= 11 is 0. The van der Waals surface area contributed by atoms with E-state index in [1.54, 1.807) is 0 Å². The highest BCUT2D eigenvalue weighted by Crippen LogP contribution is 2.38.